The van der Waals surface area contributed by atoms with E-state index in [4.69, 9.17) is 5.73 Å². The third kappa shape index (κ3) is 3.36. The lowest BCUT2D eigenvalue weighted by Gasteiger charge is -2.16. The molecular weight excluding hydrogens is 386 g/mol. The molecule has 0 saturated carbocycles. The minimum Gasteiger partial charge on any atom is -0.383 e. The van der Waals surface area contributed by atoms with Crippen LogP contribution >= 0.6 is 15.9 Å². The number of hydrogen-bond acceptors (Lipinski definition) is 3. The van der Waals surface area contributed by atoms with E-state index in [-0.39, 0.29) is 5.82 Å². The van der Waals surface area contributed by atoms with E-state index in [0.29, 0.717) is 11.5 Å². The number of benzene rings is 2. The molecule has 0 fully saturated rings. The van der Waals surface area contributed by atoms with Crippen molar-refractivity contribution in [1.82, 2.24) is 4.98 Å². The van der Waals surface area contributed by atoms with Gasteiger partial charge < -0.3 is 5.73 Å². The summed E-state index contributed by atoms with van der Waals surface area (Å²) in [6.45, 7) is 6.32. The molecule has 0 bridgehead atoms. The first-order valence-corrected chi connectivity index (χ1v) is 9.28. The standard InChI is InChI=1S/C22H20BrN3/c1-13(2)15-4-6-16(7-5-15)20-14(3)21(26-22(25)19(20)12-24)17-8-10-18(23)11-9-17/h4-11,13H,1-3H3,(H2,25,26). The number of aromatic nitrogens is 1. The van der Waals surface area contributed by atoms with Gasteiger partial charge in [-0.15, -0.1) is 0 Å². The first-order chi connectivity index (χ1) is 12.4. The molecule has 0 aliphatic carbocycles. The molecule has 1 aromatic heterocycles. The zero-order valence-corrected chi connectivity index (χ0v) is 16.6. The van der Waals surface area contributed by atoms with E-state index in [9.17, 15) is 5.26 Å². The van der Waals surface area contributed by atoms with Gasteiger partial charge in [0.05, 0.1) is 5.69 Å². The van der Waals surface area contributed by atoms with E-state index in [2.05, 4.69) is 65.1 Å². The van der Waals surface area contributed by atoms with E-state index in [1.165, 1.54) is 5.56 Å². The Labute approximate surface area is 162 Å². The van der Waals surface area contributed by atoms with Crippen LogP contribution in [0.3, 0.4) is 0 Å². The summed E-state index contributed by atoms with van der Waals surface area (Å²) < 4.78 is 1.00. The monoisotopic (exact) mass is 405 g/mol. The predicted molar refractivity (Wildman–Crippen MR) is 111 cm³/mol. The van der Waals surface area contributed by atoms with Crippen LogP contribution < -0.4 is 5.73 Å². The van der Waals surface area contributed by atoms with E-state index in [0.717, 1.165) is 32.4 Å². The van der Waals surface area contributed by atoms with Gasteiger partial charge in [-0.3, -0.25) is 0 Å². The topological polar surface area (TPSA) is 62.7 Å². The zero-order valence-electron chi connectivity index (χ0n) is 15.0. The van der Waals surface area contributed by atoms with Crippen LogP contribution in [0.4, 0.5) is 5.82 Å². The first kappa shape index (κ1) is 18.2. The lowest BCUT2D eigenvalue weighted by atomic mass is 9.91. The molecular formula is C22H20BrN3. The van der Waals surface area contributed by atoms with Gasteiger partial charge >= 0.3 is 0 Å². The highest BCUT2D eigenvalue weighted by Gasteiger charge is 2.18. The third-order valence-electron chi connectivity index (χ3n) is 4.56. The number of halogens is 1. The number of nitrogen functional groups attached to an aromatic ring is 1. The van der Waals surface area contributed by atoms with Gasteiger partial charge in [0, 0.05) is 15.6 Å². The lowest BCUT2D eigenvalue weighted by Crippen LogP contribution is -2.03. The van der Waals surface area contributed by atoms with Crippen molar-refractivity contribution in [2.75, 3.05) is 5.73 Å². The molecule has 1 heterocycles. The predicted octanol–water partition coefficient (Wildman–Crippen LogP) is 6.06. The molecule has 0 atom stereocenters. The van der Waals surface area contributed by atoms with Gasteiger partial charge in [0.15, 0.2) is 0 Å². The second-order valence-corrected chi connectivity index (χ2v) is 7.53. The van der Waals surface area contributed by atoms with Gasteiger partial charge in [0.1, 0.15) is 17.5 Å². The number of nitriles is 1. The van der Waals surface area contributed by atoms with E-state index >= 15 is 0 Å². The van der Waals surface area contributed by atoms with Crippen molar-refractivity contribution in [1.29, 1.82) is 5.26 Å². The molecule has 3 nitrogen and oxygen atoms in total. The van der Waals surface area contributed by atoms with Crippen LogP contribution in [0.5, 0.6) is 0 Å². The minimum atomic E-state index is 0.263. The molecule has 3 aromatic rings. The molecule has 0 spiro atoms. The van der Waals surface area contributed by atoms with Crippen molar-refractivity contribution in [3.63, 3.8) is 0 Å². The summed E-state index contributed by atoms with van der Waals surface area (Å²) in [4.78, 5) is 4.52. The zero-order chi connectivity index (χ0) is 18.8. The molecule has 0 aliphatic rings. The van der Waals surface area contributed by atoms with Gasteiger partial charge in [-0.25, -0.2) is 4.98 Å². The van der Waals surface area contributed by atoms with Crippen LogP contribution in [0.25, 0.3) is 22.4 Å². The average molecular weight is 406 g/mol. The molecule has 2 aromatic carbocycles. The number of rotatable bonds is 3. The summed E-state index contributed by atoms with van der Waals surface area (Å²) in [6.07, 6.45) is 0. The van der Waals surface area contributed by atoms with Gasteiger partial charge in [-0.1, -0.05) is 66.2 Å². The largest absolute Gasteiger partial charge is 0.383 e. The lowest BCUT2D eigenvalue weighted by molar-refractivity contribution is 0.867. The van der Waals surface area contributed by atoms with Gasteiger partial charge in [-0.2, -0.15) is 5.26 Å². The van der Waals surface area contributed by atoms with E-state index in [1.54, 1.807) is 0 Å². The average Bonchev–Trinajstić information content (AvgIpc) is 2.64. The van der Waals surface area contributed by atoms with Gasteiger partial charge in [-0.05, 0) is 41.7 Å². The molecule has 130 valence electrons. The van der Waals surface area contributed by atoms with Crippen molar-refractivity contribution in [3.05, 3.63) is 69.7 Å². The summed E-state index contributed by atoms with van der Waals surface area (Å²) in [5.41, 5.74) is 12.4. The molecule has 3 rings (SSSR count). The number of nitrogens with two attached hydrogens (primary N) is 1. The Morgan fingerprint density at radius 2 is 1.58 bits per heavy atom. The van der Waals surface area contributed by atoms with Crippen LogP contribution in [0.2, 0.25) is 0 Å². The van der Waals surface area contributed by atoms with Gasteiger partial charge in [0.25, 0.3) is 0 Å². The van der Waals surface area contributed by atoms with Crippen LogP contribution in [0, 0.1) is 18.3 Å². The van der Waals surface area contributed by atoms with Gasteiger partial charge in [0.2, 0.25) is 0 Å². The Hall–Kier alpha value is -2.64. The SMILES string of the molecule is Cc1c(-c2ccc(Br)cc2)nc(N)c(C#N)c1-c1ccc(C(C)C)cc1. The number of pyridine rings is 1. The van der Waals surface area contributed by atoms with E-state index in [1.807, 2.05) is 31.2 Å². The Morgan fingerprint density at radius 3 is 2.12 bits per heavy atom. The molecule has 0 amide bonds. The summed E-state index contributed by atoms with van der Waals surface area (Å²) in [5, 5.41) is 9.65. The van der Waals surface area contributed by atoms with Crippen LogP contribution in [0.15, 0.2) is 53.0 Å². The molecule has 0 unspecified atom stereocenters. The number of anilines is 1. The Morgan fingerprint density at radius 1 is 1.00 bits per heavy atom. The molecule has 0 saturated heterocycles. The maximum Gasteiger partial charge on any atom is 0.142 e. The van der Waals surface area contributed by atoms with Crippen molar-refractivity contribution >= 4 is 21.7 Å². The maximum atomic E-state index is 9.65. The fraction of sp³-hybridized carbons (Fsp3) is 0.182. The molecule has 0 aliphatic heterocycles. The van der Waals surface area contributed by atoms with Crippen molar-refractivity contribution in [3.8, 4) is 28.5 Å². The summed E-state index contributed by atoms with van der Waals surface area (Å²) in [5.74, 6) is 0.723. The van der Waals surface area contributed by atoms with Crippen LogP contribution in [0.1, 0.15) is 36.5 Å². The van der Waals surface area contributed by atoms with Crippen LogP contribution in [-0.4, -0.2) is 4.98 Å². The normalized spacial score (nSPS) is 10.8. The maximum absolute atomic E-state index is 9.65. The first-order valence-electron chi connectivity index (χ1n) is 8.48. The fourth-order valence-corrected chi connectivity index (χ4v) is 3.36. The highest BCUT2D eigenvalue weighted by molar-refractivity contribution is 9.10. The Bertz CT molecular complexity index is 982. The number of hydrogen-bond donors (Lipinski definition) is 1. The van der Waals surface area contributed by atoms with E-state index < -0.39 is 0 Å². The van der Waals surface area contributed by atoms with Crippen molar-refractivity contribution in [2.24, 2.45) is 0 Å². The van der Waals surface area contributed by atoms with Crippen molar-refractivity contribution in [2.45, 2.75) is 26.7 Å². The molecule has 26 heavy (non-hydrogen) atoms. The molecule has 4 heteroatoms. The highest BCUT2D eigenvalue weighted by atomic mass is 79.9. The van der Waals surface area contributed by atoms with Crippen molar-refractivity contribution < 1.29 is 0 Å². The minimum absolute atomic E-state index is 0.263. The Balaban J connectivity index is 2.23. The summed E-state index contributed by atoms with van der Waals surface area (Å²) in [7, 11) is 0. The fourth-order valence-electron chi connectivity index (χ4n) is 3.09. The quantitative estimate of drug-likeness (QED) is 0.575. The molecule has 0 radical (unpaired) electrons. The third-order valence-corrected chi connectivity index (χ3v) is 5.09. The molecule has 2 N–H and O–H groups in total. The summed E-state index contributed by atoms with van der Waals surface area (Å²) in [6, 6.07) is 18.5. The second-order valence-electron chi connectivity index (χ2n) is 6.62. The second kappa shape index (κ2) is 7.31. The van der Waals surface area contributed by atoms with Crippen LogP contribution in [-0.2, 0) is 0 Å². The Kier molecular flexibility index (Phi) is 5.11. The highest BCUT2D eigenvalue weighted by Crippen LogP contribution is 2.36. The smallest absolute Gasteiger partial charge is 0.142 e. The summed E-state index contributed by atoms with van der Waals surface area (Å²) >= 11 is 3.46. The number of nitrogens with zero attached hydrogens (tertiary/aromatic N) is 2.